The van der Waals surface area contributed by atoms with Crippen molar-refractivity contribution in [3.05, 3.63) is 52.3 Å². The highest BCUT2D eigenvalue weighted by Gasteiger charge is 2.22. The Balaban J connectivity index is 1.37. The smallest absolute Gasteiger partial charge is 0.272 e. The fraction of sp³-hybridized carbons (Fsp3) is 0.545. The lowest BCUT2D eigenvalue weighted by Crippen LogP contribution is -2.45. The van der Waals surface area contributed by atoms with E-state index in [9.17, 15) is 4.79 Å². The summed E-state index contributed by atoms with van der Waals surface area (Å²) >= 11 is 0. The Morgan fingerprint density at radius 3 is 2.57 bits per heavy atom. The van der Waals surface area contributed by atoms with Crippen LogP contribution in [0.1, 0.15) is 52.6 Å². The average Bonchev–Trinajstić information content (AvgIpc) is 3.18. The van der Waals surface area contributed by atoms with Crippen LogP contribution < -0.4 is 5.32 Å². The molecule has 1 amide bonds. The van der Waals surface area contributed by atoms with Gasteiger partial charge >= 0.3 is 0 Å². The van der Waals surface area contributed by atoms with E-state index in [0.29, 0.717) is 12.2 Å². The minimum atomic E-state index is -0.0641. The van der Waals surface area contributed by atoms with Crippen molar-refractivity contribution in [3.8, 4) is 0 Å². The largest absolute Gasteiger partial charge is 0.347 e. The molecule has 6 heteroatoms. The van der Waals surface area contributed by atoms with Crippen molar-refractivity contribution in [1.82, 2.24) is 25.3 Å². The number of piperazine rings is 1. The lowest BCUT2D eigenvalue weighted by atomic mass is 9.96. The third-order valence-corrected chi connectivity index (χ3v) is 6.14. The molecule has 4 rings (SSSR count). The summed E-state index contributed by atoms with van der Waals surface area (Å²) in [5.41, 5.74) is 5.34. The van der Waals surface area contributed by atoms with E-state index in [2.05, 4.69) is 56.5 Å². The molecule has 0 radical (unpaired) electrons. The van der Waals surface area contributed by atoms with Gasteiger partial charge in [0.05, 0.1) is 0 Å². The second kappa shape index (κ2) is 8.88. The number of fused-ring (bicyclic) bond motifs is 1. The summed E-state index contributed by atoms with van der Waals surface area (Å²) in [6, 6.07) is 8.45. The van der Waals surface area contributed by atoms with E-state index in [1.165, 1.54) is 17.5 Å². The normalized spacial score (nSPS) is 18.0. The molecule has 1 saturated heterocycles. The number of amides is 1. The molecular formula is C22H31N5O. The molecule has 1 aliphatic heterocycles. The summed E-state index contributed by atoms with van der Waals surface area (Å²) in [6.07, 6.45) is 4.27. The number of rotatable bonds is 6. The molecule has 0 unspecified atom stereocenters. The van der Waals surface area contributed by atoms with Crippen LogP contribution in [0, 0.1) is 0 Å². The van der Waals surface area contributed by atoms with Gasteiger partial charge in [-0.1, -0.05) is 31.2 Å². The van der Waals surface area contributed by atoms with Crippen LogP contribution in [0.5, 0.6) is 0 Å². The van der Waals surface area contributed by atoms with Crippen molar-refractivity contribution in [2.24, 2.45) is 0 Å². The van der Waals surface area contributed by atoms with Gasteiger partial charge in [0.1, 0.15) is 0 Å². The Labute approximate surface area is 167 Å². The summed E-state index contributed by atoms with van der Waals surface area (Å²) < 4.78 is 0. The van der Waals surface area contributed by atoms with Crippen LogP contribution in [-0.2, 0) is 25.9 Å². The maximum atomic E-state index is 12.7. The summed E-state index contributed by atoms with van der Waals surface area (Å²) in [4.78, 5) is 17.7. The number of likely N-dealkylation sites (N-methyl/N-ethyl adjacent to an activating group) is 1. The minimum absolute atomic E-state index is 0.0641. The van der Waals surface area contributed by atoms with Crippen molar-refractivity contribution >= 4 is 5.91 Å². The number of aryl methyl sites for hydroxylation is 1. The number of nitrogens with one attached hydrogen (secondary N) is 2. The van der Waals surface area contributed by atoms with Crippen molar-refractivity contribution < 1.29 is 4.79 Å². The maximum absolute atomic E-state index is 12.7. The van der Waals surface area contributed by atoms with Gasteiger partial charge in [0, 0.05) is 50.5 Å². The van der Waals surface area contributed by atoms with Crippen LogP contribution in [0.2, 0.25) is 0 Å². The monoisotopic (exact) mass is 381 g/mol. The second-order valence-corrected chi connectivity index (χ2v) is 7.90. The predicted octanol–water partition coefficient (Wildman–Crippen LogP) is 2.36. The van der Waals surface area contributed by atoms with Crippen LogP contribution in [0.15, 0.2) is 24.3 Å². The van der Waals surface area contributed by atoms with E-state index in [1.54, 1.807) is 0 Å². The lowest BCUT2D eigenvalue weighted by molar-refractivity contribution is 0.0944. The molecule has 150 valence electrons. The molecule has 2 aromatic rings. The van der Waals surface area contributed by atoms with Crippen LogP contribution >= 0.6 is 0 Å². The van der Waals surface area contributed by atoms with Crippen LogP contribution in [-0.4, -0.2) is 58.6 Å². The van der Waals surface area contributed by atoms with Gasteiger partial charge in [-0.05, 0) is 43.4 Å². The zero-order valence-electron chi connectivity index (χ0n) is 16.8. The Morgan fingerprint density at radius 1 is 1.07 bits per heavy atom. The molecule has 2 N–H and O–H groups in total. The Hall–Kier alpha value is -2.18. The molecule has 0 saturated carbocycles. The molecule has 2 heterocycles. The first-order chi connectivity index (χ1) is 13.7. The van der Waals surface area contributed by atoms with Crippen LogP contribution in [0.3, 0.4) is 0 Å². The van der Waals surface area contributed by atoms with Gasteiger partial charge in [0.15, 0.2) is 5.69 Å². The predicted molar refractivity (Wildman–Crippen MR) is 110 cm³/mol. The molecule has 28 heavy (non-hydrogen) atoms. The Morgan fingerprint density at radius 2 is 1.79 bits per heavy atom. The molecule has 0 atom stereocenters. The van der Waals surface area contributed by atoms with E-state index in [1.807, 2.05) is 0 Å². The van der Waals surface area contributed by atoms with Gasteiger partial charge in [-0.15, -0.1) is 0 Å². The minimum Gasteiger partial charge on any atom is -0.347 e. The van der Waals surface area contributed by atoms with E-state index >= 15 is 0 Å². The molecule has 2 aliphatic rings. The number of nitrogens with zero attached hydrogens (tertiary/aromatic N) is 3. The number of aromatic amines is 1. The highest BCUT2D eigenvalue weighted by molar-refractivity contribution is 5.94. The van der Waals surface area contributed by atoms with Gasteiger partial charge in [-0.3, -0.25) is 14.8 Å². The molecule has 6 nitrogen and oxygen atoms in total. The number of hydrogen-bond donors (Lipinski definition) is 2. The van der Waals surface area contributed by atoms with E-state index in [-0.39, 0.29) is 5.91 Å². The van der Waals surface area contributed by atoms with Gasteiger partial charge in [-0.25, -0.2) is 0 Å². The zero-order chi connectivity index (χ0) is 19.3. The fourth-order valence-electron chi connectivity index (χ4n) is 4.32. The number of hydrogen-bond acceptors (Lipinski definition) is 4. The van der Waals surface area contributed by atoms with Gasteiger partial charge in [-0.2, -0.15) is 5.10 Å². The second-order valence-electron chi connectivity index (χ2n) is 7.90. The SMILES string of the molecule is CCN1CCN(Cc2ccccc2CNC(=O)c2n[nH]c3c2CCCC3)CC1. The first kappa shape index (κ1) is 19.2. The van der Waals surface area contributed by atoms with Crippen molar-refractivity contribution in [1.29, 1.82) is 0 Å². The maximum Gasteiger partial charge on any atom is 0.272 e. The average molecular weight is 382 g/mol. The molecule has 1 aromatic carbocycles. The fourth-order valence-corrected chi connectivity index (χ4v) is 4.32. The lowest BCUT2D eigenvalue weighted by Gasteiger charge is -2.34. The van der Waals surface area contributed by atoms with Crippen LogP contribution in [0.4, 0.5) is 0 Å². The number of aromatic nitrogens is 2. The topological polar surface area (TPSA) is 64.3 Å². The Bertz CT molecular complexity index is 807. The van der Waals surface area contributed by atoms with Gasteiger partial charge in [0.2, 0.25) is 0 Å². The van der Waals surface area contributed by atoms with E-state index < -0.39 is 0 Å². The van der Waals surface area contributed by atoms with Crippen LogP contribution in [0.25, 0.3) is 0 Å². The standard InChI is InChI=1S/C22H31N5O/c1-2-26-11-13-27(14-12-26)16-18-8-4-3-7-17(18)15-23-22(28)21-19-9-5-6-10-20(19)24-25-21/h3-4,7-8H,2,5-6,9-16H2,1H3,(H,23,28)(H,24,25). The van der Waals surface area contributed by atoms with E-state index in [4.69, 9.17) is 0 Å². The highest BCUT2D eigenvalue weighted by atomic mass is 16.1. The highest BCUT2D eigenvalue weighted by Crippen LogP contribution is 2.22. The van der Waals surface area contributed by atoms with E-state index in [0.717, 1.165) is 69.8 Å². The summed E-state index contributed by atoms with van der Waals surface area (Å²) in [7, 11) is 0. The first-order valence-electron chi connectivity index (χ1n) is 10.6. The molecule has 1 fully saturated rings. The molecule has 1 aliphatic carbocycles. The number of H-pyrrole nitrogens is 1. The molecule has 0 spiro atoms. The van der Waals surface area contributed by atoms with Gasteiger partial charge < -0.3 is 10.2 Å². The quantitative estimate of drug-likeness (QED) is 0.806. The number of carbonyl (C=O) groups is 1. The van der Waals surface area contributed by atoms with Crippen molar-refractivity contribution in [2.45, 2.75) is 45.7 Å². The zero-order valence-corrected chi connectivity index (χ0v) is 16.8. The van der Waals surface area contributed by atoms with Crippen molar-refractivity contribution in [2.75, 3.05) is 32.7 Å². The third kappa shape index (κ3) is 4.28. The first-order valence-corrected chi connectivity index (χ1v) is 10.6. The number of carbonyl (C=O) groups excluding carboxylic acids is 1. The third-order valence-electron chi connectivity index (χ3n) is 6.14. The summed E-state index contributed by atoms with van der Waals surface area (Å²) in [5.74, 6) is -0.0641. The molecular weight excluding hydrogens is 350 g/mol. The van der Waals surface area contributed by atoms with Crippen molar-refractivity contribution in [3.63, 3.8) is 0 Å². The molecule has 1 aromatic heterocycles. The van der Waals surface area contributed by atoms with Gasteiger partial charge in [0.25, 0.3) is 5.91 Å². The summed E-state index contributed by atoms with van der Waals surface area (Å²) in [6.45, 7) is 9.34. The summed E-state index contributed by atoms with van der Waals surface area (Å²) in [5, 5.41) is 10.4. The number of benzene rings is 1. The Kier molecular flexibility index (Phi) is 6.07. The molecule has 0 bridgehead atoms.